The Hall–Kier alpha value is -3.27. The third-order valence-electron chi connectivity index (χ3n) is 8.64. The van der Waals surface area contributed by atoms with Crippen LogP contribution < -0.4 is 0 Å². The summed E-state index contributed by atoms with van der Waals surface area (Å²) in [6.07, 6.45) is -3.99. The fourth-order valence-electron chi connectivity index (χ4n) is 5.60. The third-order valence-corrected chi connectivity index (χ3v) is 13.9. The van der Waals surface area contributed by atoms with Crippen LogP contribution in [0.5, 0.6) is 0 Å². The first-order valence-electron chi connectivity index (χ1n) is 15.2. The molecule has 4 rings (SSSR count). The lowest BCUT2D eigenvalue weighted by Gasteiger charge is -2.44. The largest absolute Gasteiger partial charge is 0.460 e. The Bertz CT molecular complexity index is 1820. The molecule has 1 aliphatic rings. The van der Waals surface area contributed by atoms with Crippen LogP contribution in [0.2, 0.25) is 0 Å². The highest BCUT2D eigenvalue weighted by atomic mass is 32.3. The fraction of sp³-hybridized carbons (Fsp3) is 0.438. The minimum atomic E-state index is -8.96. The van der Waals surface area contributed by atoms with E-state index < -0.39 is 82.1 Å². The van der Waals surface area contributed by atoms with Crippen LogP contribution in [0.3, 0.4) is 0 Å². The van der Waals surface area contributed by atoms with Crippen molar-refractivity contribution in [1.29, 1.82) is 0 Å². The molecule has 0 aromatic heterocycles. The van der Waals surface area contributed by atoms with Crippen molar-refractivity contribution in [3.05, 3.63) is 90.5 Å². The monoisotopic (exact) mass is 844 g/mol. The maximum Gasteiger partial charge on any atom is 0.460 e. The van der Waals surface area contributed by atoms with Crippen LogP contribution in [0.25, 0.3) is 0 Å². The van der Waals surface area contributed by atoms with Crippen LogP contribution in [0.4, 0.5) is 74.6 Å². The predicted molar refractivity (Wildman–Crippen MR) is 158 cm³/mol. The van der Waals surface area contributed by atoms with Gasteiger partial charge in [0.1, 0.15) is 0 Å². The second-order valence-corrected chi connectivity index (χ2v) is 16.6. The van der Waals surface area contributed by atoms with Crippen LogP contribution in [-0.2, 0) is 13.7 Å². The Balaban J connectivity index is 1.91. The molecule has 0 atom stereocenters. The molecule has 0 unspecified atom stereocenters. The van der Waals surface area contributed by atoms with Crippen molar-refractivity contribution < 1.29 is 86.7 Å². The predicted octanol–water partition coefficient (Wildman–Crippen LogP) is 12.2. The van der Waals surface area contributed by atoms with Gasteiger partial charge in [-0.2, -0.15) is 83.1 Å². The van der Waals surface area contributed by atoms with Crippen LogP contribution in [0.15, 0.2) is 99.6 Å². The zero-order valence-corrected chi connectivity index (χ0v) is 28.3. The Morgan fingerprint density at radius 3 is 1.19 bits per heavy atom. The fourth-order valence-corrected chi connectivity index (χ4v) is 10.8. The Morgan fingerprint density at radius 1 is 0.444 bits per heavy atom. The van der Waals surface area contributed by atoms with Crippen LogP contribution in [0.1, 0.15) is 43.6 Å². The topological polar surface area (TPSA) is 43.4 Å². The molecule has 0 saturated heterocycles. The summed E-state index contributed by atoms with van der Waals surface area (Å²) in [5.74, 6) is -52.4. The van der Waals surface area contributed by atoms with Crippen molar-refractivity contribution in [2.75, 3.05) is 0 Å². The van der Waals surface area contributed by atoms with E-state index in [0.717, 1.165) is 79.9 Å². The van der Waals surface area contributed by atoms with Gasteiger partial charge in [-0.25, -0.2) is 3.63 Å². The Morgan fingerprint density at radius 2 is 0.796 bits per heavy atom. The smallest absolute Gasteiger partial charge is 0.202 e. The lowest BCUT2D eigenvalue weighted by molar-refractivity contribution is -0.458. The molecule has 3 nitrogen and oxygen atoms in total. The number of hydrogen-bond donors (Lipinski definition) is 0. The maximum absolute atomic E-state index is 15.5. The van der Waals surface area contributed by atoms with E-state index in [0.29, 0.717) is 18.4 Å². The minimum absolute atomic E-state index is 0.0520. The van der Waals surface area contributed by atoms with Gasteiger partial charge in [-0.3, -0.25) is 0 Å². The maximum atomic E-state index is 15.5. The highest BCUT2D eigenvalue weighted by molar-refractivity contribution is 8.33. The molecule has 1 fully saturated rings. The molecular weight excluding hydrogens is 819 g/mol. The summed E-state index contributed by atoms with van der Waals surface area (Å²) in [4.78, 5) is -1.34. The lowest BCUT2D eigenvalue weighted by Crippen LogP contribution is -2.75. The van der Waals surface area contributed by atoms with E-state index in [2.05, 4.69) is 0 Å². The second-order valence-electron chi connectivity index (χ2n) is 12.1. The summed E-state index contributed by atoms with van der Waals surface area (Å²) in [7, 11) is -12.4. The standard InChI is InChI=1S/C32H25F17O3S2/c33-25(34,27(37,38)29(41,42)31(45,46)47)26(35,36)28(39,40)30(43,44)32(48,49)54(50,51)52-53(22-12-6-2-7-13-22,23-14-8-3-9-15-23)24-18-16-21(17-19-24)20-10-4-1-5-11-20/h2-3,6-9,12-20H,1,4-5,10-11H2. The zero-order valence-electron chi connectivity index (χ0n) is 26.7. The average Bonchev–Trinajstić information content (AvgIpc) is 3.10. The molecule has 0 heterocycles. The molecule has 0 aliphatic heterocycles. The van der Waals surface area contributed by atoms with Gasteiger partial charge in [0.05, 0.1) is 0 Å². The van der Waals surface area contributed by atoms with Gasteiger partial charge < -0.3 is 0 Å². The van der Waals surface area contributed by atoms with Gasteiger partial charge in [-0.05, 0) is 71.0 Å². The van der Waals surface area contributed by atoms with Crippen LogP contribution >= 0.6 is 10.3 Å². The van der Waals surface area contributed by atoms with E-state index in [1.54, 1.807) is 0 Å². The molecule has 1 aliphatic carbocycles. The first-order valence-corrected chi connectivity index (χ1v) is 18.2. The lowest BCUT2D eigenvalue weighted by atomic mass is 9.84. The molecule has 0 spiro atoms. The van der Waals surface area contributed by atoms with E-state index in [1.165, 1.54) is 24.3 Å². The molecule has 3 aromatic rings. The van der Waals surface area contributed by atoms with E-state index in [9.17, 15) is 65.5 Å². The van der Waals surface area contributed by atoms with Crippen LogP contribution in [-0.4, -0.2) is 55.4 Å². The van der Waals surface area contributed by atoms with Gasteiger partial charge >= 0.3 is 57.1 Å². The van der Waals surface area contributed by atoms with E-state index in [-0.39, 0.29) is 5.92 Å². The van der Waals surface area contributed by atoms with Gasteiger partial charge in [0.15, 0.2) is 0 Å². The molecule has 0 radical (unpaired) electrons. The molecule has 0 bridgehead atoms. The summed E-state index contributed by atoms with van der Waals surface area (Å²) in [6.45, 7) is 0. The van der Waals surface area contributed by atoms with Gasteiger partial charge in [-0.1, -0.05) is 67.8 Å². The van der Waals surface area contributed by atoms with Gasteiger partial charge in [0, 0.05) is 14.7 Å². The molecule has 0 N–H and O–H groups in total. The van der Waals surface area contributed by atoms with Crippen molar-refractivity contribution in [2.45, 2.75) is 99.7 Å². The number of hydrogen-bond acceptors (Lipinski definition) is 3. The number of halogens is 17. The first-order chi connectivity index (χ1) is 24.5. The summed E-state index contributed by atoms with van der Waals surface area (Å²) < 4.78 is 270. The Kier molecular flexibility index (Phi) is 11.3. The molecule has 302 valence electrons. The second kappa shape index (κ2) is 14.0. The highest BCUT2D eigenvalue weighted by Gasteiger charge is 2.96. The summed E-state index contributed by atoms with van der Waals surface area (Å²) in [5.41, 5.74) is 0.628. The highest BCUT2D eigenvalue weighted by Crippen LogP contribution is 2.72. The van der Waals surface area contributed by atoms with Gasteiger partial charge in [0.2, 0.25) is 0 Å². The Labute approximate surface area is 297 Å². The van der Waals surface area contributed by atoms with Crippen molar-refractivity contribution >= 4 is 20.4 Å². The molecule has 54 heavy (non-hydrogen) atoms. The van der Waals surface area contributed by atoms with Gasteiger partial charge in [-0.15, -0.1) is 0 Å². The van der Waals surface area contributed by atoms with Crippen molar-refractivity contribution in [2.24, 2.45) is 0 Å². The van der Waals surface area contributed by atoms with Gasteiger partial charge in [0.25, 0.3) is 0 Å². The minimum Gasteiger partial charge on any atom is -0.202 e. The SMILES string of the molecule is O=S(=O)(OS(c1ccccc1)(c1ccccc1)c1ccc(C2CCCCC2)cc1)C(F)(F)C(F)(F)C(F)(F)C(F)(F)C(F)(F)C(F)(F)C(F)(F)C(F)(F)F. The molecular formula is C32H25F17O3S2. The summed E-state index contributed by atoms with van der Waals surface area (Å²) in [5, 5.41) is -7.85. The van der Waals surface area contributed by atoms with E-state index >= 15 is 17.6 Å². The molecule has 22 heteroatoms. The number of rotatable bonds is 13. The van der Waals surface area contributed by atoms with E-state index in [1.807, 2.05) is 0 Å². The van der Waals surface area contributed by atoms with Crippen molar-refractivity contribution in [1.82, 2.24) is 0 Å². The molecule has 0 amide bonds. The molecule has 3 aromatic carbocycles. The third kappa shape index (κ3) is 6.50. The van der Waals surface area contributed by atoms with Crippen molar-refractivity contribution in [3.8, 4) is 0 Å². The quantitative estimate of drug-likeness (QED) is 0.161. The summed E-state index contributed by atoms with van der Waals surface area (Å²) in [6, 6.07) is 16.1. The normalized spacial score (nSPS) is 17.1. The first kappa shape index (κ1) is 43.5. The number of benzene rings is 3. The molecule has 1 saturated carbocycles. The average molecular weight is 845 g/mol. The van der Waals surface area contributed by atoms with Crippen LogP contribution in [0, 0.1) is 0 Å². The zero-order chi connectivity index (χ0) is 41.0. The summed E-state index contributed by atoms with van der Waals surface area (Å²) >= 11 is 0. The number of alkyl halides is 17. The van der Waals surface area contributed by atoms with E-state index in [4.69, 9.17) is 3.63 Å². The van der Waals surface area contributed by atoms with Crippen molar-refractivity contribution in [3.63, 3.8) is 0 Å².